The van der Waals surface area contributed by atoms with Gasteiger partial charge >= 0.3 is 0 Å². The van der Waals surface area contributed by atoms with Crippen LogP contribution in [-0.2, 0) is 17.1 Å². The summed E-state index contributed by atoms with van der Waals surface area (Å²) in [6, 6.07) is 14.6. The Labute approximate surface area is 199 Å². The van der Waals surface area contributed by atoms with E-state index in [1.807, 2.05) is 30.7 Å². The fourth-order valence-corrected chi connectivity index (χ4v) is 4.90. The Morgan fingerprint density at radius 3 is 2.21 bits per heavy atom. The molecule has 0 radical (unpaired) electrons. The van der Waals surface area contributed by atoms with Gasteiger partial charge in [0.25, 0.3) is 0 Å². The molecule has 33 heavy (non-hydrogen) atoms. The topological polar surface area (TPSA) is 97.2 Å². The molecule has 0 amide bonds. The molecule has 1 aromatic heterocycles. The van der Waals surface area contributed by atoms with Crippen molar-refractivity contribution in [2.24, 2.45) is 7.05 Å². The minimum Gasteiger partial charge on any atom is -0.372 e. The van der Waals surface area contributed by atoms with Crippen molar-refractivity contribution in [1.82, 2.24) is 14.8 Å². The number of nitrogens with zero attached hydrogens (tertiary/aromatic N) is 4. The quantitative estimate of drug-likeness (QED) is 0.340. The summed E-state index contributed by atoms with van der Waals surface area (Å²) in [6.45, 7) is 7.98. The monoisotopic (exact) mass is 487 g/mol. The van der Waals surface area contributed by atoms with Crippen molar-refractivity contribution in [3.05, 3.63) is 54.1 Å². The number of anilines is 2. The van der Waals surface area contributed by atoms with Crippen LogP contribution in [0.15, 0.2) is 53.7 Å². The van der Waals surface area contributed by atoms with E-state index in [0.717, 1.165) is 36.4 Å². The van der Waals surface area contributed by atoms with Gasteiger partial charge in [-0.05, 0) is 69.3 Å². The molecule has 2 aromatic carbocycles. The van der Waals surface area contributed by atoms with E-state index in [-0.39, 0.29) is 11.0 Å². The van der Waals surface area contributed by atoms with Gasteiger partial charge in [0.05, 0.1) is 11.5 Å². The highest BCUT2D eigenvalue weighted by molar-refractivity contribution is 8.00. The van der Waals surface area contributed by atoms with Gasteiger partial charge in [0.15, 0.2) is 16.8 Å². The Morgan fingerprint density at radius 1 is 1.06 bits per heavy atom. The van der Waals surface area contributed by atoms with Crippen molar-refractivity contribution >= 4 is 38.9 Å². The molecular weight excluding hydrogens is 458 g/mol. The highest BCUT2D eigenvalue weighted by Gasteiger charge is 2.21. The van der Waals surface area contributed by atoms with E-state index in [9.17, 15) is 13.2 Å². The average Bonchev–Trinajstić information content (AvgIpc) is 3.14. The number of carbonyl (C=O) groups excluding carboxylic acids is 1. The van der Waals surface area contributed by atoms with Crippen LogP contribution in [-0.4, -0.2) is 53.6 Å². The van der Waals surface area contributed by atoms with Crippen molar-refractivity contribution in [2.75, 3.05) is 29.0 Å². The molecule has 0 saturated heterocycles. The van der Waals surface area contributed by atoms with Crippen molar-refractivity contribution in [3.8, 4) is 11.4 Å². The summed E-state index contributed by atoms with van der Waals surface area (Å²) in [5.41, 5.74) is 3.04. The van der Waals surface area contributed by atoms with Gasteiger partial charge in [-0.3, -0.25) is 9.52 Å². The lowest BCUT2D eigenvalue weighted by atomic mass is 10.1. The molecule has 0 bridgehead atoms. The van der Waals surface area contributed by atoms with Crippen LogP contribution in [0.1, 0.15) is 31.1 Å². The summed E-state index contributed by atoms with van der Waals surface area (Å²) in [4.78, 5) is 15.1. The molecule has 176 valence electrons. The van der Waals surface area contributed by atoms with Gasteiger partial charge in [-0.25, -0.2) is 8.42 Å². The van der Waals surface area contributed by atoms with E-state index in [0.29, 0.717) is 16.4 Å². The third-order valence-electron chi connectivity index (χ3n) is 5.21. The van der Waals surface area contributed by atoms with Gasteiger partial charge in [-0.1, -0.05) is 11.8 Å². The summed E-state index contributed by atoms with van der Waals surface area (Å²) >= 11 is 1.34. The number of thioether (sulfide) groups is 1. The molecular formula is C23H29N5O3S2. The second-order valence-electron chi connectivity index (χ2n) is 7.66. The van der Waals surface area contributed by atoms with E-state index in [1.54, 1.807) is 24.3 Å². The maximum absolute atomic E-state index is 12.9. The Kier molecular flexibility index (Phi) is 7.80. The zero-order chi connectivity index (χ0) is 24.2. The molecule has 8 nitrogen and oxygen atoms in total. The van der Waals surface area contributed by atoms with E-state index >= 15 is 0 Å². The molecule has 3 aromatic rings. The van der Waals surface area contributed by atoms with Crippen LogP contribution in [0.4, 0.5) is 11.4 Å². The van der Waals surface area contributed by atoms with Crippen molar-refractivity contribution in [2.45, 2.75) is 31.2 Å². The van der Waals surface area contributed by atoms with Crippen LogP contribution >= 0.6 is 11.8 Å². The highest BCUT2D eigenvalue weighted by atomic mass is 32.2. The van der Waals surface area contributed by atoms with E-state index in [1.165, 1.54) is 11.8 Å². The van der Waals surface area contributed by atoms with Gasteiger partial charge in [-0.2, -0.15) is 0 Å². The van der Waals surface area contributed by atoms with Gasteiger partial charge < -0.3 is 9.47 Å². The number of hydrogen-bond donors (Lipinski definition) is 1. The normalized spacial score (nSPS) is 12.4. The first-order valence-electron chi connectivity index (χ1n) is 10.7. The van der Waals surface area contributed by atoms with Crippen molar-refractivity contribution < 1.29 is 13.2 Å². The summed E-state index contributed by atoms with van der Waals surface area (Å²) in [5.74, 6) is 0.665. The minimum absolute atomic E-state index is 0.0703. The zero-order valence-corrected chi connectivity index (χ0v) is 21.1. The molecule has 0 aliphatic rings. The number of carbonyl (C=O) groups is 1. The van der Waals surface area contributed by atoms with E-state index < -0.39 is 10.0 Å². The van der Waals surface area contributed by atoms with Gasteiger partial charge in [0, 0.05) is 42.6 Å². The van der Waals surface area contributed by atoms with Crippen LogP contribution in [0.2, 0.25) is 0 Å². The molecule has 0 fully saturated rings. The smallest absolute Gasteiger partial charge is 0.229 e. The van der Waals surface area contributed by atoms with E-state index in [4.69, 9.17) is 0 Å². The predicted octanol–water partition coefficient (Wildman–Crippen LogP) is 4.06. The van der Waals surface area contributed by atoms with Crippen LogP contribution in [0.3, 0.4) is 0 Å². The number of Topliss-reactive ketones (excluding diaryl/α,β-unsaturated/α-hetero) is 1. The number of ketones is 1. The maximum atomic E-state index is 12.9. The SMILES string of the molecule is CCN(CC)c1ccc(-c2nnc(SC(C)C(=O)c3ccc(NS(C)(=O)=O)cc3)n2C)cc1. The van der Waals surface area contributed by atoms with Crippen LogP contribution in [0.5, 0.6) is 0 Å². The first-order chi connectivity index (χ1) is 15.6. The molecule has 3 rings (SSSR count). The van der Waals surface area contributed by atoms with Gasteiger partial charge in [0.2, 0.25) is 10.0 Å². The number of rotatable bonds is 10. The van der Waals surface area contributed by atoms with Crippen LogP contribution in [0.25, 0.3) is 11.4 Å². The Balaban J connectivity index is 1.71. The summed E-state index contributed by atoms with van der Waals surface area (Å²) in [6.07, 6.45) is 1.08. The highest BCUT2D eigenvalue weighted by Crippen LogP contribution is 2.28. The zero-order valence-electron chi connectivity index (χ0n) is 19.4. The third-order valence-corrected chi connectivity index (χ3v) is 6.95. The number of benzene rings is 2. The fourth-order valence-electron chi connectivity index (χ4n) is 3.44. The van der Waals surface area contributed by atoms with Gasteiger partial charge in [0.1, 0.15) is 0 Å². The fraction of sp³-hybridized carbons (Fsp3) is 0.348. The summed E-state index contributed by atoms with van der Waals surface area (Å²) in [5, 5.41) is 8.88. The van der Waals surface area contributed by atoms with Gasteiger partial charge in [-0.15, -0.1) is 10.2 Å². The predicted molar refractivity (Wildman–Crippen MR) is 135 cm³/mol. The molecule has 10 heteroatoms. The molecule has 1 N–H and O–H groups in total. The Hall–Kier alpha value is -2.85. The molecule has 0 aliphatic carbocycles. The lowest BCUT2D eigenvalue weighted by molar-refractivity contribution is 0.0994. The number of sulfonamides is 1. The molecule has 1 atom stereocenters. The maximum Gasteiger partial charge on any atom is 0.229 e. The number of nitrogens with one attached hydrogen (secondary N) is 1. The van der Waals surface area contributed by atoms with Crippen LogP contribution in [0, 0.1) is 0 Å². The molecule has 0 aliphatic heterocycles. The second-order valence-corrected chi connectivity index (χ2v) is 10.7. The number of hydrogen-bond acceptors (Lipinski definition) is 7. The Morgan fingerprint density at radius 2 is 1.67 bits per heavy atom. The standard InChI is InChI=1S/C23H29N5O3S2/c1-6-28(7-2)20-14-10-18(11-15-20)22-24-25-23(27(22)4)32-16(3)21(29)17-8-12-19(13-9-17)26-33(5,30)31/h8-16,26H,6-7H2,1-5H3. The minimum atomic E-state index is -3.36. The van der Waals surface area contributed by atoms with Crippen molar-refractivity contribution in [1.29, 1.82) is 0 Å². The lowest BCUT2D eigenvalue weighted by Gasteiger charge is -2.21. The first kappa shape index (κ1) is 24.8. The summed E-state index contributed by atoms with van der Waals surface area (Å²) in [7, 11) is -1.47. The first-order valence-corrected chi connectivity index (χ1v) is 13.4. The molecule has 1 heterocycles. The average molecular weight is 488 g/mol. The molecule has 0 spiro atoms. The second kappa shape index (κ2) is 10.4. The summed E-state index contributed by atoms with van der Waals surface area (Å²) < 4.78 is 27.0. The van der Waals surface area contributed by atoms with Crippen molar-refractivity contribution in [3.63, 3.8) is 0 Å². The Bertz CT molecular complexity index is 1200. The third kappa shape index (κ3) is 6.14. The van der Waals surface area contributed by atoms with E-state index in [2.05, 4.69) is 45.8 Å². The lowest BCUT2D eigenvalue weighted by Crippen LogP contribution is -2.21. The van der Waals surface area contributed by atoms with Crippen LogP contribution < -0.4 is 9.62 Å². The molecule has 0 saturated carbocycles. The number of aromatic nitrogens is 3. The molecule has 1 unspecified atom stereocenters. The largest absolute Gasteiger partial charge is 0.372 e.